The zero-order valence-electron chi connectivity index (χ0n) is 17.1. The molecule has 0 unspecified atom stereocenters. The molecule has 0 bridgehead atoms. The highest BCUT2D eigenvalue weighted by Crippen LogP contribution is 1.80. The van der Waals surface area contributed by atoms with Gasteiger partial charge in [0.25, 0.3) is 5.97 Å². The summed E-state index contributed by atoms with van der Waals surface area (Å²) in [7, 11) is 0. The molecule has 0 aliphatic carbocycles. The first-order chi connectivity index (χ1) is 11.4. The Bertz CT molecular complexity index is 132. The fraction of sp³-hybridized carbons (Fsp3) is 0.944. The lowest BCUT2D eigenvalue weighted by molar-refractivity contribution is -0.134. The van der Waals surface area contributed by atoms with E-state index in [1.54, 1.807) is 0 Å². The molecule has 0 saturated carbocycles. The van der Waals surface area contributed by atoms with Crippen LogP contribution in [-0.4, -0.2) is 63.4 Å². The Morgan fingerprint density at radius 2 is 0.720 bits per heavy atom. The zero-order valence-corrected chi connectivity index (χ0v) is 17.1. The standard InChI is InChI=1S/4C4H10O.C2H4O2.H2O/c4*1-2-3-4-5;1-2(3)4;/h4*5H,2-4H2,1H3;1H3,(H,3,4);1H2. The Morgan fingerprint density at radius 1 is 0.600 bits per heavy atom. The fourth-order valence-corrected chi connectivity index (χ4v) is 0.632. The van der Waals surface area contributed by atoms with Crippen molar-refractivity contribution in [3.05, 3.63) is 0 Å². The molecular formula is C18H46O7. The van der Waals surface area contributed by atoms with Crippen molar-refractivity contribution in [3.8, 4) is 0 Å². The monoisotopic (exact) mass is 374 g/mol. The van der Waals surface area contributed by atoms with Crippen LogP contribution in [0.1, 0.15) is 86.0 Å². The molecular weight excluding hydrogens is 328 g/mol. The number of aliphatic carboxylic acids is 1. The topological polar surface area (TPSA) is 150 Å². The minimum absolute atomic E-state index is 0. The molecule has 0 spiro atoms. The van der Waals surface area contributed by atoms with Crippen LogP contribution >= 0.6 is 0 Å². The van der Waals surface area contributed by atoms with E-state index in [0.29, 0.717) is 26.4 Å². The first kappa shape index (κ1) is 39.4. The Kier molecular flexibility index (Phi) is 89.3. The highest BCUT2D eigenvalue weighted by molar-refractivity contribution is 5.62. The van der Waals surface area contributed by atoms with Crippen LogP contribution in [0, 0.1) is 0 Å². The summed E-state index contributed by atoms with van der Waals surface area (Å²) in [5, 5.41) is 39.7. The van der Waals surface area contributed by atoms with Gasteiger partial charge in [-0.2, -0.15) is 0 Å². The molecule has 0 saturated heterocycles. The van der Waals surface area contributed by atoms with Gasteiger partial charge < -0.3 is 31.0 Å². The van der Waals surface area contributed by atoms with Gasteiger partial charge in [-0.15, -0.1) is 0 Å². The van der Waals surface area contributed by atoms with Crippen molar-refractivity contribution >= 4 is 5.97 Å². The summed E-state index contributed by atoms with van der Waals surface area (Å²) >= 11 is 0. The average Bonchev–Trinajstić information content (AvgIpc) is 2.52. The van der Waals surface area contributed by atoms with Gasteiger partial charge >= 0.3 is 0 Å². The molecule has 7 heteroatoms. The Hall–Kier alpha value is -0.730. The van der Waals surface area contributed by atoms with Gasteiger partial charge in [0.05, 0.1) is 0 Å². The zero-order chi connectivity index (χ0) is 20.1. The molecule has 7 N–H and O–H groups in total. The molecule has 0 rings (SSSR count). The fourth-order valence-electron chi connectivity index (χ4n) is 0.632. The van der Waals surface area contributed by atoms with Crippen molar-refractivity contribution in [1.29, 1.82) is 0 Å². The highest BCUT2D eigenvalue weighted by atomic mass is 16.4. The molecule has 160 valence electrons. The lowest BCUT2D eigenvalue weighted by Gasteiger charge is -1.79. The summed E-state index contributed by atoms with van der Waals surface area (Å²) in [6.07, 6.45) is 8.15. The third kappa shape index (κ3) is 199. The number of hydrogen-bond acceptors (Lipinski definition) is 5. The number of carboxylic acid groups (broad SMARTS) is 1. The third-order valence-electron chi connectivity index (χ3n) is 2.05. The first-order valence-electron chi connectivity index (χ1n) is 9.02. The van der Waals surface area contributed by atoms with Gasteiger partial charge in [-0.05, 0) is 25.7 Å². The van der Waals surface area contributed by atoms with E-state index in [2.05, 4.69) is 27.7 Å². The van der Waals surface area contributed by atoms with Crippen LogP contribution in [0.2, 0.25) is 0 Å². The lowest BCUT2D eigenvalue weighted by atomic mass is 10.4. The van der Waals surface area contributed by atoms with Crippen molar-refractivity contribution in [2.24, 2.45) is 0 Å². The summed E-state index contributed by atoms with van der Waals surface area (Å²) in [5.74, 6) is -0.833. The molecule has 25 heavy (non-hydrogen) atoms. The van der Waals surface area contributed by atoms with Crippen molar-refractivity contribution in [2.45, 2.75) is 86.0 Å². The predicted molar refractivity (Wildman–Crippen MR) is 105 cm³/mol. The van der Waals surface area contributed by atoms with Gasteiger partial charge in [0, 0.05) is 33.4 Å². The molecule has 0 aliphatic rings. The first-order valence-corrected chi connectivity index (χ1v) is 9.02. The summed E-state index contributed by atoms with van der Waals surface area (Å²) in [5.41, 5.74) is 0. The Labute approximate surface area is 155 Å². The van der Waals surface area contributed by atoms with E-state index in [0.717, 1.165) is 58.3 Å². The minimum Gasteiger partial charge on any atom is -0.481 e. The molecule has 0 heterocycles. The van der Waals surface area contributed by atoms with E-state index >= 15 is 0 Å². The van der Waals surface area contributed by atoms with Gasteiger partial charge in [-0.1, -0.05) is 53.4 Å². The number of aliphatic hydroxyl groups excluding tert-OH is 4. The molecule has 0 fully saturated rings. The highest BCUT2D eigenvalue weighted by Gasteiger charge is 1.70. The van der Waals surface area contributed by atoms with Gasteiger partial charge in [0.15, 0.2) is 0 Å². The molecule has 0 amide bonds. The van der Waals surface area contributed by atoms with Crippen LogP contribution in [0.15, 0.2) is 0 Å². The normalized spacial score (nSPS) is 7.72. The number of rotatable bonds is 8. The maximum Gasteiger partial charge on any atom is 0.300 e. The van der Waals surface area contributed by atoms with E-state index in [1.807, 2.05) is 0 Å². The van der Waals surface area contributed by atoms with Crippen LogP contribution in [0.25, 0.3) is 0 Å². The smallest absolute Gasteiger partial charge is 0.300 e. The number of carboxylic acids is 1. The quantitative estimate of drug-likeness (QED) is 0.440. The van der Waals surface area contributed by atoms with Gasteiger partial charge in [-0.25, -0.2) is 0 Å². The van der Waals surface area contributed by atoms with Crippen molar-refractivity contribution < 1.29 is 35.8 Å². The maximum atomic E-state index is 9.00. The van der Waals surface area contributed by atoms with Gasteiger partial charge in [0.1, 0.15) is 0 Å². The number of unbranched alkanes of at least 4 members (excludes halogenated alkanes) is 4. The largest absolute Gasteiger partial charge is 0.481 e. The second-order valence-corrected chi connectivity index (χ2v) is 4.83. The third-order valence-corrected chi connectivity index (χ3v) is 2.05. The summed E-state index contributed by atoms with van der Waals surface area (Å²) in [6.45, 7) is 10.7. The van der Waals surface area contributed by atoms with Crippen LogP contribution in [0.4, 0.5) is 0 Å². The van der Waals surface area contributed by atoms with E-state index in [1.165, 1.54) is 0 Å². The Morgan fingerprint density at radius 3 is 0.720 bits per heavy atom. The van der Waals surface area contributed by atoms with Crippen LogP contribution < -0.4 is 0 Å². The molecule has 0 aromatic rings. The number of hydrogen-bond donors (Lipinski definition) is 5. The van der Waals surface area contributed by atoms with Crippen molar-refractivity contribution in [3.63, 3.8) is 0 Å². The second kappa shape index (κ2) is 56.7. The molecule has 0 radical (unpaired) electrons. The summed E-state index contributed by atoms with van der Waals surface area (Å²) < 4.78 is 0. The second-order valence-electron chi connectivity index (χ2n) is 4.83. The van der Waals surface area contributed by atoms with Crippen LogP contribution in [0.3, 0.4) is 0 Å². The van der Waals surface area contributed by atoms with E-state index in [-0.39, 0.29) is 5.48 Å². The van der Waals surface area contributed by atoms with E-state index in [9.17, 15) is 0 Å². The van der Waals surface area contributed by atoms with Gasteiger partial charge in [0.2, 0.25) is 0 Å². The molecule has 0 aliphatic heterocycles. The molecule has 0 atom stereocenters. The SMILES string of the molecule is CC(=O)O.CCCCO.CCCCO.CCCCO.CCCCO.O. The van der Waals surface area contributed by atoms with Gasteiger partial charge in [-0.3, -0.25) is 4.79 Å². The molecule has 7 nitrogen and oxygen atoms in total. The predicted octanol–water partition coefficient (Wildman–Crippen LogP) is 2.38. The minimum atomic E-state index is -0.833. The number of aliphatic hydroxyl groups is 4. The summed E-state index contributed by atoms with van der Waals surface area (Å²) in [6, 6.07) is 0. The summed E-state index contributed by atoms with van der Waals surface area (Å²) in [4.78, 5) is 9.00. The van der Waals surface area contributed by atoms with Crippen LogP contribution in [-0.2, 0) is 4.79 Å². The molecule has 0 aromatic heterocycles. The van der Waals surface area contributed by atoms with Crippen LogP contribution in [0.5, 0.6) is 0 Å². The number of carbonyl (C=O) groups is 1. The van der Waals surface area contributed by atoms with E-state index in [4.69, 9.17) is 30.3 Å². The average molecular weight is 375 g/mol. The van der Waals surface area contributed by atoms with Crippen molar-refractivity contribution in [2.75, 3.05) is 26.4 Å². The van der Waals surface area contributed by atoms with Crippen molar-refractivity contribution in [1.82, 2.24) is 0 Å². The molecule has 0 aromatic carbocycles. The Balaban J connectivity index is -0.0000000448. The maximum absolute atomic E-state index is 9.00. The lowest BCUT2D eigenvalue weighted by Crippen LogP contribution is -1.78. The van der Waals surface area contributed by atoms with E-state index < -0.39 is 5.97 Å².